The summed E-state index contributed by atoms with van der Waals surface area (Å²) in [5, 5.41) is 2.90. The van der Waals surface area contributed by atoms with Gasteiger partial charge in [-0.3, -0.25) is 4.79 Å². The maximum absolute atomic E-state index is 12.0. The molecular formula is C18H20N2O5. The van der Waals surface area contributed by atoms with Crippen LogP contribution in [0, 0.1) is 0 Å². The van der Waals surface area contributed by atoms with Crippen molar-refractivity contribution >= 4 is 29.2 Å². The van der Waals surface area contributed by atoms with Crippen molar-refractivity contribution in [3.05, 3.63) is 36.0 Å². The van der Waals surface area contributed by atoms with E-state index in [4.69, 9.17) is 9.47 Å². The monoisotopic (exact) mass is 344 g/mol. The van der Waals surface area contributed by atoms with E-state index < -0.39 is 17.7 Å². The second kappa shape index (κ2) is 6.58. The highest BCUT2D eigenvalue weighted by Gasteiger charge is 2.38. The molecule has 0 radical (unpaired) electrons. The second-order valence-electron chi connectivity index (χ2n) is 6.43. The molecule has 2 aliphatic heterocycles. The summed E-state index contributed by atoms with van der Waals surface area (Å²) in [4.78, 5) is 37.6. The molecule has 2 aliphatic rings. The molecule has 0 aliphatic carbocycles. The van der Waals surface area contributed by atoms with Gasteiger partial charge in [0.05, 0.1) is 0 Å². The van der Waals surface area contributed by atoms with E-state index in [1.165, 1.54) is 20.0 Å². The maximum Gasteiger partial charge on any atom is 0.350 e. The fourth-order valence-electron chi connectivity index (χ4n) is 2.78. The number of benzene rings is 1. The predicted octanol–water partition coefficient (Wildman–Crippen LogP) is 2.34. The number of ether oxygens (including phenoxy) is 2. The smallest absolute Gasteiger partial charge is 0.350 e. The van der Waals surface area contributed by atoms with Gasteiger partial charge in [-0.1, -0.05) is 6.07 Å². The molecule has 1 aromatic carbocycles. The molecule has 0 atom stereocenters. The number of cyclic esters (lactones) is 2. The number of carbonyl (C=O) groups is 3. The highest BCUT2D eigenvalue weighted by atomic mass is 16.7. The molecule has 0 spiro atoms. The molecular weight excluding hydrogens is 324 g/mol. The largest absolute Gasteiger partial charge is 0.419 e. The van der Waals surface area contributed by atoms with Gasteiger partial charge in [0, 0.05) is 44.4 Å². The number of anilines is 2. The number of rotatable bonds is 3. The standard InChI is InChI=1S/C18H20N2O5/c1-18(2)24-16(22)14(17(23)25-18)11-19-12-6-5-7-13(10-12)20-9-4-3-8-15(20)21/h5-7,10-11,19H,3-4,8-9H2,1-2H3. The zero-order valence-corrected chi connectivity index (χ0v) is 14.2. The lowest BCUT2D eigenvalue weighted by Crippen LogP contribution is -2.42. The summed E-state index contributed by atoms with van der Waals surface area (Å²) in [6.45, 7) is 3.68. The van der Waals surface area contributed by atoms with Gasteiger partial charge in [0.2, 0.25) is 5.91 Å². The third kappa shape index (κ3) is 3.81. The van der Waals surface area contributed by atoms with Gasteiger partial charge in [0.25, 0.3) is 5.79 Å². The Bertz CT molecular complexity index is 732. The Morgan fingerprint density at radius 3 is 2.52 bits per heavy atom. The van der Waals surface area contributed by atoms with E-state index in [2.05, 4.69) is 5.32 Å². The SMILES string of the molecule is CC1(C)OC(=O)C(=CNc2cccc(N3CCCCC3=O)c2)C(=O)O1. The van der Waals surface area contributed by atoms with Gasteiger partial charge >= 0.3 is 11.9 Å². The minimum absolute atomic E-state index is 0.100. The average Bonchev–Trinajstić information content (AvgIpc) is 2.53. The average molecular weight is 344 g/mol. The molecule has 2 saturated heterocycles. The van der Waals surface area contributed by atoms with Gasteiger partial charge in [-0.25, -0.2) is 9.59 Å². The predicted molar refractivity (Wildman–Crippen MR) is 90.6 cm³/mol. The molecule has 0 unspecified atom stereocenters. The lowest BCUT2D eigenvalue weighted by molar-refractivity contribution is -0.222. The van der Waals surface area contributed by atoms with E-state index in [1.807, 2.05) is 6.07 Å². The fraction of sp³-hybridized carbons (Fsp3) is 0.389. The summed E-state index contributed by atoms with van der Waals surface area (Å²) in [7, 11) is 0. The zero-order valence-electron chi connectivity index (χ0n) is 14.2. The van der Waals surface area contributed by atoms with Crippen LogP contribution < -0.4 is 10.2 Å². The molecule has 1 aromatic rings. The van der Waals surface area contributed by atoms with Crippen molar-refractivity contribution in [2.75, 3.05) is 16.8 Å². The third-order valence-corrected chi connectivity index (χ3v) is 3.98. The lowest BCUT2D eigenvalue weighted by atomic mass is 10.1. The summed E-state index contributed by atoms with van der Waals surface area (Å²) in [6, 6.07) is 7.23. The van der Waals surface area contributed by atoms with Crippen molar-refractivity contribution in [1.82, 2.24) is 0 Å². The second-order valence-corrected chi connectivity index (χ2v) is 6.43. The zero-order chi connectivity index (χ0) is 18.0. The van der Waals surface area contributed by atoms with Crippen LogP contribution in [0.4, 0.5) is 11.4 Å². The highest BCUT2D eigenvalue weighted by Crippen LogP contribution is 2.25. The van der Waals surface area contributed by atoms with Gasteiger partial charge in [-0.2, -0.15) is 0 Å². The normalized spacial score (nSPS) is 20.0. The quantitative estimate of drug-likeness (QED) is 0.515. The third-order valence-electron chi connectivity index (χ3n) is 3.98. The molecule has 0 aromatic heterocycles. The lowest BCUT2D eigenvalue weighted by Gasteiger charge is -2.29. The molecule has 1 amide bonds. The first-order valence-electron chi connectivity index (χ1n) is 8.19. The Balaban J connectivity index is 1.75. The molecule has 2 fully saturated rings. The van der Waals surface area contributed by atoms with Crippen molar-refractivity contribution in [3.8, 4) is 0 Å². The maximum atomic E-state index is 12.0. The summed E-state index contributed by atoms with van der Waals surface area (Å²) in [5.41, 5.74) is 1.22. The Kier molecular flexibility index (Phi) is 4.48. The van der Waals surface area contributed by atoms with E-state index in [1.54, 1.807) is 23.1 Å². The van der Waals surface area contributed by atoms with Gasteiger partial charge in [0.15, 0.2) is 5.57 Å². The van der Waals surface area contributed by atoms with E-state index in [9.17, 15) is 14.4 Å². The van der Waals surface area contributed by atoms with Gasteiger partial charge in [0.1, 0.15) is 0 Å². The number of hydrogen-bond donors (Lipinski definition) is 1. The van der Waals surface area contributed by atoms with E-state index in [-0.39, 0.29) is 11.5 Å². The summed E-state index contributed by atoms with van der Waals surface area (Å²) < 4.78 is 10.1. The van der Waals surface area contributed by atoms with Crippen molar-refractivity contribution < 1.29 is 23.9 Å². The van der Waals surface area contributed by atoms with Gasteiger partial charge < -0.3 is 19.7 Å². The Labute approximate surface area is 145 Å². The van der Waals surface area contributed by atoms with Crippen molar-refractivity contribution in [1.29, 1.82) is 0 Å². The van der Waals surface area contributed by atoms with Crippen LogP contribution in [0.2, 0.25) is 0 Å². The molecule has 0 saturated carbocycles. The number of hydrogen-bond acceptors (Lipinski definition) is 6. The Morgan fingerprint density at radius 1 is 1.12 bits per heavy atom. The highest BCUT2D eigenvalue weighted by molar-refractivity contribution is 6.15. The molecule has 0 bridgehead atoms. The minimum atomic E-state index is -1.26. The summed E-state index contributed by atoms with van der Waals surface area (Å²) >= 11 is 0. The van der Waals surface area contributed by atoms with Crippen LogP contribution in [0.5, 0.6) is 0 Å². The minimum Gasteiger partial charge on any atom is -0.419 e. The molecule has 3 rings (SSSR count). The number of carbonyl (C=O) groups excluding carboxylic acids is 3. The van der Waals surface area contributed by atoms with Gasteiger partial charge in [-0.05, 0) is 31.0 Å². The number of nitrogens with zero attached hydrogens (tertiary/aromatic N) is 1. The van der Waals surface area contributed by atoms with Crippen LogP contribution in [0.25, 0.3) is 0 Å². The molecule has 7 nitrogen and oxygen atoms in total. The Hall–Kier alpha value is -2.83. The molecule has 2 heterocycles. The van der Waals surface area contributed by atoms with Crippen LogP contribution in [0.3, 0.4) is 0 Å². The van der Waals surface area contributed by atoms with Crippen LogP contribution in [0.15, 0.2) is 36.0 Å². The first kappa shape index (κ1) is 17.0. The van der Waals surface area contributed by atoms with Gasteiger partial charge in [-0.15, -0.1) is 0 Å². The molecule has 7 heteroatoms. The van der Waals surface area contributed by atoms with Crippen LogP contribution >= 0.6 is 0 Å². The number of nitrogens with one attached hydrogen (secondary N) is 1. The molecule has 132 valence electrons. The first-order valence-corrected chi connectivity index (χ1v) is 8.19. The van der Waals surface area contributed by atoms with Crippen molar-refractivity contribution in [2.24, 2.45) is 0 Å². The van der Waals surface area contributed by atoms with E-state index >= 15 is 0 Å². The number of amides is 1. The van der Waals surface area contributed by atoms with Crippen molar-refractivity contribution in [3.63, 3.8) is 0 Å². The van der Waals surface area contributed by atoms with Crippen molar-refractivity contribution in [2.45, 2.75) is 38.9 Å². The first-order chi connectivity index (χ1) is 11.9. The summed E-state index contributed by atoms with van der Waals surface area (Å²) in [6.07, 6.45) is 3.70. The Morgan fingerprint density at radius 2 is 1.84 bits per heavy atom. The van der Waals surface area contributed by atoms with Crippen LogP contribution in [-0.4, -0.2) is 30.2 Å². The molecule has 25 heavy (non-hydrogen) atoms. The number of esters is 2. The van der Waals surface area contributed by atoms with Crippen LogP contribution in [0.1, 0.15) is 33.1 Å². The van der Waals surface area contributed by atoms with Crippen LogP contribution in [-0.2, 0) is 23.9 Å². The van der Waals surface area contributed by atoms with E-state index in [0.29, 0.717) is 18.7 Å². The number of piperidine rings is 1. The topological polar surface area (TPSA) is 84.9 Å². The molecule has 1 N–H and O–H groups in total. The van der Waals surface area contributed by atoms with E-state index in [0.717, 1.165) is 18.5 Å². The summed E-state index contributed by atoms with van der Waals surface area (Å²) in [5.74, 6) is -2.64. The fourth-order valence-corrected chi connectivity index (χ4v) is 2.78.